The molecule has 1 N–H and O–H groups in total. The minimum absolute atomic E-state index is 0.177. The van der Waals surface area contributed by atoms with Crippen LogP contribution in [-0.4, -0.2) is 24.5 Å². The van der Waals surface area contributed by atoms with Gasteiger partial charge in [0.05, 0.1) is 12.3 Å². The Morgan fingerprint density at radius 2 is 1.74 bits per heavy atom. The molecule has 1 heterocycles. The molecule has 0 saturated carbocycles. The monoisotopic (exact) mass is 578 g/mol. The van der Waals surface area contributed by atoms with Gasteiger partial charge in [0.15, 0.2) is 11.5 Å². The summed E-state index contributed by atoms with van der Waals surface area (Å²) in [6.45, 7) is 6.15. The lowest BCUT2D eigenvalue weighted by molar-refractivity contribution is -0.122. The zero-order chi connectivity index (χ0) is 27.2. The van der Waals surface area contributed by atoms with Gasteiger partial charge in [-0.3, -0.25) is 14.9 Å². The van der Waals surface area contributed by atoms with Gasteiger partial charge in [-0.2, -0.15) is 0 Å². The summed E-state index contributed by atoms with van der Waals surface area (Å²) in [5.74, 6) is -1.00. The summed E-state index contributed by atoms with van der Waals surface area (Å²) in [7, 11) is 0. The maximum atomic E-state index is 13.3. The Kier molecular flexibility index (Phi) is 8.38. The van der Waals surface area contributed by atoms with E-state index in [0.717, 1.165) is 14.9 Å². The molecule has 1 fully saturated rings. The number of anilines is 1. The number of halogens is 2. The van der Waals surface area contributed by atoms with E-state index < -0.39 is 17.8 Å². The highest BCUT2D eigenvalue weighted by Gasteiger charge is 2.36. The molecule has 0 aromatic heterocycles. The Hall–Kier alpha value is -4.24. The van der Waals surface area contributed by atoms with Crippen molar-refractivity contribution in [1.82, 2.24) is 5.32 Å². The highest BCUT2D eigenvalue weighted by Crippen LogP contribution is 2.36. The van der Waals surface area contributed by atoms with E-state index in [0.29, 0.717) is 41.3 Å². The number of carbonyl (C=O) groups excluding carboxylic acids is 3. The van der Waals surface area contributed by atoms with Crippen LogP contribution in [0.5, 0.6) is 11.5 Å². The Bertz CT molecular complexity index is 1420. The van der Waals surface area contributed by atoms with Gasteiger partial charge in [0.1, 0.15) is 18.0 Å². The second kappa shape index (κ2) is 11.9. The molecule has 1 saturated heterocycles. The first kappa shape index (κ1) is 26.8. The molecule has 3 aromatic carbocycles. The van der Waals surface area contributed by atoms with E-state index in [1.165, 1.54) is 18.2 Å². The molecule has 1 aliphatic heterocycles. The van der Waals surface area contributed by atoms with Crippen LogP contribution in [0.2, 0.25) is 0 Å². The Morgan fingerprint density at radius 1 is 1.03 bits per heavy atom. The molecule has 38 heavy (non-hydrogen) atoms. The summed E-state index contributed by atoms with van der Waals surface area (Å²) in [6.07, 6.45) is 3.52. The largest absolute Gasteiger partial charge is 0.490 e. The minimum atomic E-state index is -0.827. The molecule has 194 valence electrons. The number of hydrogen-bond acceptors (Lipinski definition) is 5. The van der Waals surface area contributed by atoms with Crippen molar-refractivity contribution in [3.8, 4) is 11.5 Å². The number of amides is 4. The van der Waals surface area contributed by atoms with Gasteiger partial charge in [0.25, 0.3) is 11.8 Å². The second-order valence-electron chi connectivity index (χ2n) is 8.28. The predicted octanol–water partition coefficient (Wildman–Crippen LogP) is 5.96. The van der Waals surface area contributed by atoms with E-state index in [9.17, 15) is 18.8 Å². The molecule has 4 rings (SSSR count). The zero-order valence-corrected chi connectivity index (χ0v) is 22.1. The molecule has 0 radical (unpaired) electrons. The van der Waals surface area contributed by atoms with Crippen LogP contribution < -0.4 is 19.7 Å². The molecule has 0 bridgehead atoms. The van der Waals surface area contributed by atoms with Crippen LogP contribution in [0.4, 0.5) is 14.9 Å². The molecule has 0 spiro atoms. The van der Waals surface area contributed by atoms with Gasteiger partial charge in [-0.25, -0.2) is 14.1 Å². The Labute approximate surface area is 227 Å². The van der Waals surface area contributed by atoms with Crippen molar-refractivity contribution < 1.29 is 28.2 Å². The highest BCUT2D eigenvalue weighted by atomic mass is 79.9. The third-order valence-electron chi connectivity index (χ3n) is 5.61. The third-order valence-corrected chi connectivity index (χ3v) is 6.14. The quantitative estimate of drug-likeness (QED) is 0.192. The summed E-state index contributed by atoms with van der Waals surface area (Å²) in [5, 5.41) is 2.22. The lowest BCUT2D eigenvalue weighted by Crippen LogP contribution is -2.54. The maximum absolute atomic E-state index is 13.3. The summed E-state index contributed by atoms with van der Waals surface area (Å²) in [4.78, 5) is 39.3. The van der Waals surface area contributed by atoms with Gasteiger partial charge in [-0.15, -0.1) is 6.58 Å². The summed E-state index contributed by atoms with van der Waals surface area (Å²) in [5.41, 5.74) is 2.10. The first-order chi connectivity index (χ1) is 18.3. The van der Waals surface area contributed by atoms with Crippen molar-refractivity contribution in [3.63, 3.8) is 0 Å². The molecule has 7 nitrogen and oxygen atoms in total. The van der Waals surface area contributed by atoms with Crippen LogP contribution in [-0.2, 0) is 22.6 Å². The third kappa shape index (κ3) is 6.00. The van der Waals surface area contributed by atoms with Gasteiger partial charge in [-0.05, 0) is 79.1 Å². The molecule has 0 aliphatic carbocycles. The lowest BCUT2D eigenvalue weighted by atomic mass is 10.0. The highest BCUT2D eigenvalue weighted by molar-refractivity contribution is 9.10. The van der Waals surface area contributed by atoms with Crippen LogP contribution in [0.15, 0.2) is 83.4 Å². The number of imide groups is 2. The minimum Gasteiger partial charge on any atom is -0.490 e. The number of rotatable bonds is 9. The molecule has 4 amide bonds. The second-order valence-corrected chi connectivity index (χ2v) is 9.20. The predicted molar refractivity (Wildman–Crippen MR) is 145 cm³/mol. The van der Waals surface area contributed by atoms with Crippen molar-refractivity contribution in [2.45, 2.75) is 20.0 Å². The number of benzene rings is 3. The van der Waals surface area contributed by atoms with Crippen LogP contribution in [0.1, 0.15) is 23.6 Å². The number of barbiturate groups is 1. The van der Waals surface area contributed by atoms with Crippen molar-refractivity contribution >= 4 is 45.5 Å². The first-order valence-electron chi connectivity index (χ1n) is 11.8. The van der Waals surface area contributed by atoms with E-state index in [-0.39, 0.29) is 18.0 Å². The lowest BCUT2D eigenvalue weighted by Gasteiger charge is -2.26. The van der Waals surface area contributed by atoms with Gasteiger partial charge >= 0.3 is 6.03 Å². The van der Waals surface area contributed by atoms with Gasteiger partial charge < -0.3 is 9.47 Å². The normalized spacial score (nSPS) is 14.4. The number of carbonyl (C=O) groups is 3. The average Bonchev–Trinajstić information content (AvgIpc) is 2.88. The van der Waals surface area contributed by atoms with Crippen molar-refractivity contribution in [1.29, 1.82) is 0 Å². The van der Waals surface area contributed by atoms with Crippen LogP contribution >= 0.6 is 15.9 Å². The van der Waals surface area contributed by atoms with Crippen LogP contribution in [0.25, 0.3) is 6.08 Å². The van der Waals surface area contributed by atoms with Gasteiger partial charge in [-0.1, -0.05) is 34.1 Å². The zero-order valence-electron chi connectivity index (χ0n) is 20.5. The van der Waals surface area contributed by atoms with E-state index in [4.69, 9.17) is 9.47 Å². The van der Waals surface area contributed by atoms with E-state index in [2.05, 4.69) is 27.8 Å². The van der Waals surface area contributed by atoms with Crippen LogP contribution in [0, 0.1) is 5.82 Å². The van der Waals surface area contributed by atoms with E-state index in [1.54, 1.807) is 54.6 Å². The van der Waals surface area contributed by atoms with Crippen LogP contribution in [0.3, 0.4) is 0 Å². The summed E-state index contributed by atoms with van der Waals surface area (Å²) < 4.78 is 25.9. The SMILES string of the molecule is C=CCc1cc(/C=C2\C(=O)NC(=O)N(c3ccc(Br)cc3)C2=O)cc(OCC)c1OCc1ccc(F)cc1. The van der Waals surface area contributed by atoms with E-state index >= 15 is 0 Å². The average molecular weight is 579 g/mol. The molecule has 0 unspecified atom stereocenters. The number of hydrogen-bond donors (Lipinski definition) is 1. The molecule has 3 aromatic rings. The molecule has 1 aliphatic rings. The molecular formula is C29H24BrFN2O5. The van der Waals surface area contributed by atoms with Crippen molar-refractivity contribution in [2.75, 3.05) is 11.5 Å². The number of nitrogens with one attached hydrogen (secondary N) is 1. The Morgan fingerprint density at radius 3 is 2.39 bits per heavy atom. The summed E-state index contributed by atoms with van der Waals surface area (Å²) in [6, 6.07) is 15.1. The number of urea groups is 1. The number of nitrogens with zero attached hydrogens (tertiary/aromatic N) is 1. The van der Waals surface area contributed by atoms with E-state index in [1.807, 2.05) is 6.92 Å². The standard InChI is InChI=1S/C29H24BrFN2O5/c1-3-5-20-14-19(16-25(37-4-2)26(20)38-17-18-6-10-22(31)11-7-18)15-24-27(34)32-29(36)33(28(24)35)23-12-8-21(30)9-13-23/h3,6-16H,1,4-5,17H2,2H3,(H,32,34,36)/b24-15+. The van der Waals surface area contributed by atoms with Gasteiger partial charge in [0.2, 0.25) is 0 Å². The molecule has 0 atom stereocenters. The van der Waals surface area contributed by atoms with Gasteiger partial charge in [0, 0.05) is 10.0 Å². The first-order valence-corrected chi connectivity index (χ1v) is 12.5. The summed E-state index contributed by atoms with van der Waals surface area (Å²) >= 11 is 3.32. The molecular weight excluding hydrogens is 555 g/mol. The topological polar surface area (TPSA) is 84.9 Å². The van der Waals surface area contributed by atoms with Crippen molar-refractivity contribution in [2.24, 2.45) is 0 Å². The molecule has 9 heteroatoms. The fraction of sp³-hybridized carbons (Fsp3) is 0.138. The Balaban J connectivity index is 1.71. The fourth-order valence-corrected chi connectivity index (χ4v) is 4.15. The van der Waals surface area contributed by atoms with Crippen molar-refractivity contribution in [3.05, 3.63) is 106 Å². The maximum Gasteiger partial charge on any atom is 0.335 e. The number of ether oxygens (including phenoxy) is 2. The smallest absolute Gasteiger partial charge is 0.335 e. The number of allylic oxidation sites excluding steroid dienone is 1. The fourth-order valence-electron chi connectivity index (χ4n) is 3.89.